The first-order valence-corrected chi connectivity index (χ1v) is 9.92. The third kappa shape index (κ3) is 3.83. The summed E-state index contributed by atoms with van der Waals surface area (Å²) in [7, 11) is 0. The van der Waals surface area contributed by atoms with E-state index in [4.69, 9.17) is 4.52 Å². The van der Waals surface area contributed by atoms with Crippen LogP contribution < -0.4 is 10.2 Å². The lowest BCUT2D eigenvalue weighted by atomic mass is 9.96. The van der Waals surface area contributed by atoms with E-state index in [0.29, 0.717) is 18.8 Å². The Hall–Kier alpha value is -2.96. The molecule has 4 rings (SSSR count). The summed E-state index contributed by atoms with van der Waals surface area (Å²) in [6.07, 6.45) is 4.95. The van der Waals surface area contributed by atoms with Gasteiger partial charge in [0.05, 0.1) is 11.6 Å². The number of hydrogen-bond donors (Lipinski definition) is 1. The summed E-state index contributed by atoms with van der Waals surface area (Å²) in [6.45, 7) is 4.21. The minimum atomic E-state index is -0.0422. The lowest BCUT2D eigenvalue weighted by molar-refractivity contribution is -0.125. The van der Waals surface area contributed by atoms with Gasteiger partial charge in [0.1, 0.15) is 17.5 Å². The van der Waals surface area contributed by atoms with Gasteiger partial charge in [-0.3, -0.25) is 4.79 Å². The van der Waals surface area contributed by atoms with Crippen molar-refractivity contribution in [1.82, 2.24) is 20.4 Å². The van der Waals surface area contributed by atoms with Crippen molar-refractivity contribution < 1.29 is 9.32 Å². The van der Waals surface area contributed by atoms with Crippen molar-refractivity contribution in [2.75, 3.05) is 24.5 Å². The van der Waals surface area contributed by atoms with Crippen molar-refractivity contribution in [2.24, 2.45) is 5.92 Å². The molecule has 146 valence electrons. The maximum Gasteiger partial charge on any atom is 0.263 e. The zero-order valence-electron chi connectivity index (χ0n) is 16.1. The van der Waals surface area contributed by atoms with Gasteiger partial charge in [0, 0.05) is 19.6 Å². The summed E-state index contributed by atoms with van der Waals surface area (Å²) in [6, 6.07) is 10.2. The fraction of sp³-hybridized carbons (Fsp3) is 0.429. The van der Waals surface area contributed by atoms with Gasteiger partial charge in [-0.15, -0.1) is 0 Å². The smallest absolute Gasteiger partial charge is 0.263 e. The van der Waals surface area contributed by atoms with E-state index in [1.807, 2.05) is 25.1 Å². The molecular weight excluding hydrogens is 354 g/mol. The molecule has 1 aromatic carbocycles. The van der Waals surface area contributed by atoms with Gasteiger partial charge in [-0.2, -0.15) is 4.98 Å². The van der Waals surface area contributed by atoms with Crippen molar-refractivity contribution >= 4 is 22.8 Å². The fourth-order valence-corrected chi connectivity index (χ4v) is 3.81. The number of aryl methyl sites for hydroxylation is 1. The Labute approximate surface area is 164 Å². The molecule has 0 spiro atoms. The van der Waals surface area contributed by atoms with E-state index in [2.05, 4.69) is 37.5 Å². The number of carbonyl (C=O) groups is 1. The number of nitrogens with zero attached hydrogens (tertiary/aromatic N) is 4. The van der Waals surface area contributed by atoms with Crippen LogP contribution in [0.2, 0.25) is 0 Å². The lowest BCUT2D eigenvalue weighted by Gasteiger charge is -2.33. The Morgan fingerprint density at radius 3 is 2.96 bits per heavy atom. The lowest BCUT2D eigenvalue weighted by Crippen LogP contribution is -2.44. The third-order valence-electron chi connectivity index (χ3n) is 5.31. The van der Waals surface area contributed by atoms with E-state index in [9.17, 15) is 4.79 Å². The second kappa shape index (κ2) is 8.37. The Bertz CT molecular complexity index is 940. The molecule has 1 N–H and O–H groups in total. The first-order chi connectivity index (χ1) is 13.8. The number of fused-ring (bicyclic) bond motifs is 1. The zero-order chi connectivity index (χ0) is 19.3. The number of amides is 1. The van der Waals surface area contributed by atoms with Crippen LogP contribution in [0.4, 0.5) is 5.82 Å². The molecule has 0 bridgehead atoms. The van der Waals surface area contributed by atoms with Crippen LogP contribution in [-0.4, -0.2) is 40.7 Å². The van der Waals surface area contributed by atoms with Crippen molar-refractivity contribution in [2.45, 2.75) is 32.6 Å². The SMILES string of the molecule is CCc1noc2ncnc(N3CCC[C@@H](C(=O)NCCc4ccccc4)C3)c12. The van der Waals surface area contributed by atoms with Crippen LogP contribution in [0.15, 0.2) is 41.2 Å². The summed E-state index contributed by atoms with van der Waals surface area (Å²) >= 11 is 0. The van der Waals surface area contributed by atoms with E-state index < -0.39 is 0 Å². The second-order valence-corrected chi connectivity index (χ2v) is 7.17. The van der Waals surface area contributed by atoms with Crippen LogP contribution in [0.1, 0.15) is 31.0 Å². The minimum absolute atomic E-state index is 0.0422. The number of piperidine rings is 1. The molecule has 3 aromatic rings. The van der Waals surface area contributed by atoms with Gasteiger partial charge in [0.25, 0.3) is 5.71 Å². The number of nitrogens with one attached hydrogen (secondary N) is 1. The topological polar surface area (TPSA) is 84.2 Å². The van der Waals surface area contributed by atoms with Crippen molar-refractivity contribution in [1.29, 1.82) is 0 Å². The molecule has 3 heterocycles. The van der Waals surface area contributed by atoms with Gasteiger partial charge in [0.15, 0.2) is 0 Å². The van der Waals surface area contributed by atoms with Crippen LogP contribution in [0.5, 0.6) is 0 Å². The molecule has 1 aliphatic heterocycles. The van der Waals surface area contributed by atoms with Gasteiger partial charge >= 0.3 is 0 Å². The summed E-state index contributed by atoms with van der Waals surface area (Å²) in [5.41, 5.74) is 2.60. The molecule has 1 amide bonds. The highest BCUT2D eigenvalue weighted by Crippen LogP contribution is 2.30. The Balaban J connectivity index is 1.42. The number of benzene rings is 1. The Morgan fingerprint density at radius 1 is 1.29 bits per heavy atom. The molecule has 7 heteroatoms. The van der Waals surface area contributed by atoms with Crippen molar-refractivity contribution in [3.05, 3.63) is 47.9 Å². The van der Waals surface area contributed by atoms with E-state index in [1.54, 1.807) is 0 Å². The summed E-state index contributed by atoms with van der Waals surface area (Å²) in [4.78, 5) is 23.5. The quantitative estimate of drug-likeness (QED) is 0.709. The minimum Gasteiger partial charge on any atom is -0.355 e. The van der Waals surface area contributed by atoms with Gasteiger partial charge in [0.2, 0.25) is 5.91 Å². The zero-order valence-corrected chi connectivity index (χ0v) is 16.1. The molecule has 0 unspecified atom stereocenters. The van der Waals surface area contributed by atoms with Crippen LogP contribution in [0, 0.1) is 5.92 Å². The first kappa shape index (κ1) is 18.4. The third-order valence-corrected chi connectivity index (χ3v) is 5.31. The highest BCUT2D eigenvalue weighted by molar-refractivity contribution is 5.88. The largest absolute Gasteiger partial charge is 0.355 e. The molecule has 7 nitrogen and oxygen atoms in total. The Kier molecular flexibility index (Phi) is 5.50. The molecule has 28 heavy (non-hydrogen) atoms. The van der Waals surface area contributed by atoms with Crippen LogP contribution >= 0.6 is 0 Å². The monoisotopic (exact) mass is 379 g/mol. The molecule has 0 saturated carbocycles. The van der Waals surface area contributed by atoms with Gasteiger partial charge in [-0.1, -0.05) is 42.4 Å². The number of carbonyl (C=O) groups excluding carboxylic acids is 1. The fourth-order valence-electron chi connectivity index (χ4n) is 3.81. The van der Waals surface area contributed by atoms with E-state index in [1.165, 1.54) is 11.9 Å². The van der Waals surface area contributed by atoms with Crippen LogP contribution in [-0.2, 0) is 17.6 Å². The number of aromatic nitrogens is 3. The summed E-state index contributed by atoms with van der Waals surface area (Å²) in [5, 5.41) is 8.08. The molecule has 1 saturated heterocycles. The van der Waals surface area contributed by atoms with E-state index in [-0.39, 0.29) is 11.8 Å². The Morgan fingerprint density at radius 2 is 2.14 bits per heavy atom. The van der Waals surface area contributed by atoms with Gasteiger partial charge in [-0.05, 0) is 31.2 Å². The maximum atomic E-state index is 12.7. The maximum absolute atomic E-state index is 12.7. The molecule has 0 radical (unpaired) electrons. The second-order valence-electron chi connectivity index (χ2n) is 7.17. The molecule has 2 aromatic heterocycles. The molecule has 0 aliphatic carbocycles. The summed E-state index contributed by atoms with van der Waals surface area (Å²) in [5.74, 6) is 0.899. The van der Waals surface area contributed by atoms with Crippen molar-refractivity contribution in [3.8, 4) is 0 Å². The molecular formula is C21H25N5O2. The predicted octanol–water partition coefficient (Wildman–Crippen LogP) is 2.76. The van der Waals surface area contributed by atoms with Crippen LogP contribution in [0.25, 0.3) is 11.1 Å². The van der Waals surface area contributed by atoms with Crippen molar-refractivity contribution in [3.63, 3.8) is 0 Å². The first-order valence-electron chi connectivity index (χ1n) is 9.92. The van der Waals surface area contributed by atoms with Gasteiger partial charge < -0.3 is 14.7 Å². The van der Waals surface area contributed by atoms with Crippen LogP contribution in [0.3, 0.4) is 0 Å². The van der Waals surface area contributed by atoms with Gasteiger partial charge in [-0.25, -0.2) is 4.98 Å². The average molecular weight is 379 g/mol. The number of rotatable bonds is 6. The molecule has 1 aliphatic rings. The molecule has 1 fully saturated rings. The normalized spacial score (nSPS) is 17.0. The molecule has 1 atom stereocenters. The highest BCUT2D eigenvalue weighted by Gasteiger charge is 2.28. The highest BCUT2D eigenvalue weighted by atomic mass is 16.5. The predicted molar refractivity (Wildman–Crippen MR) is 107 cm³/mol. The van der Waals surface area contributed by atoms with E-state index >= 15 is 0 Å². The average Bonchev–Trinajstić information content (AvgIpc) is 3.18. The standard InChI is InChI=1S/C21H25N5O2/c1-2-17-18-19(23-14-24-21(18)28-25-17)26-12-6-9-16(13-26)20(27)22-11-10-15-7-4-3-5-8-15/h3-5,7-8,14,16H,2,6,9-13H2,1H3,(H,22,27)/t16-/m1/s1. The van der Waals surface area contributed by atoms with E-state index in [0.717, 1.165) is 49.1 Å². The number of anilines is 1. The number of hydrogen-bond acceptors (Lipinski definition) is 6. The summed E-state index contributed by atoms with van der Waals surface area (Å²) < 4.78 is 5.33.